The molecule has 5 nitrogen and oxygen atoms in total. The highest BCUT2D eigenvalue weighted by Gasteiger charge is 2.19. The molecular formula is C10H13O5P. The monoisotopic (exact) mass is 244 g/mol. The minimum Gasteiger partial charge on any atom is -0.478 e. The molecule has 0 radical (unpaired) electrons. The summed E-state index contributed by atoms with van der Waals surface area (Å²) in [6, 6.07) is 5.80. The van der Waals surface area contributed by atoms with Gasteiger partial charge >= 0.3 is 13.6 Å². The second-order valence-electron chi connectivity index (χ2n) is 3.22. The highest BCUT2D eigenvalue weighted by Crippen LogP contribution is 2.45. The number of benzene rings is 1. The molecule has 0 saturated heterocycles. The molecule has 0 aliphatic carbocycles. The Hall–Kier alpha value is -1.16. The number of carboxylic acid groups (broad SMARTS) is 1. The summed E-state index contributed by atoms with van der Waals surface area (Å²) in [5, 5.41) is 8.66. The van der Waals surface area contributed by atoms with E-state index < -0.39 is 13.6 Å². The quantitative estimate of drug-likeness (QED) is 0.775. The lowest BCUT2D eigenvalue weighted by Crippen LogP contribution is -1.97. The third-order valence-electron chi connectivity index (χ3n) is 1.91. The van der Waals surface area contributed by atoms with E-state index in [1.165, 1.54) is 24.3 Å². The van der Waals surface area contributed by atoms with Crippen molar-refractivity contribution >= 4 is 13.6 Å². The molecule has 1 atom stereocenters. The molecule has 0 bridgehead atoms. The standard InChI is InChI=1S/C10H13O5P/c1-2-15-16(13,14)7-8-3-5-9(6-4-8)10(11)12/h3-6H,2,7H2,1H3,(H,11,12)(H,13,14). The number of carboxylic acids is 1. The van der Waals surface area contributed by atoms with Crippen molar-refractivity contribution in [3.05, 3.63) is 35.4 Å². The van der Waals surface area contributed by atoms with Crippen molar-refractivity contribution in [2.45, 2.75) is 13.1 Å². The van der Waals surface area contributed by atoms with Gasteiger partial charge in [-0.15, -0.1) is 0 Å². The Morgan fingerprint density at radius 1 is 1.38 bits per heavy atom. The Morgan fingerprint density at radius 3 is 2.38 bits per heavy atom. The van der Waals surface area contributed by atoms with Crippen molar-refractivity contribution in [1.29, 1.82) is 0 Å². The van der Waals surface area contributed by atoms with Gasteiger partial charge in [0.05, 0.1) is 18.3 Å². The molecule has 88 valence electrons. The maximum atomic E-state index is 11.4. The molecule has 0 fully saturated rings. The minimum atomic E-state index is -3.60. The lowest BCUT2D eigenvalue weighted by Gasteiger charge is -2.10. The highest BCUT2D eigenvalue weighted by molar-refractivity contribution is 7.51. The van der Waals surface area contributed by atoms with Gasteiger partial charge in [0.1, 0.15) is 0 Å². The summed E-state index contributed by atoms with van der Waals surface area (Å²) in [4.78, 5) is 19.9. The van der Waals surface area contributed by atoms with E-state index in [0.29, 0.717) is 5.56 Å². The van der Waals surface area contributed by atoms with Crippen LogP contribution in [0.25, 0.3) is 0 Å². The summed E-state index contributed by atoms with van der Waals surface area (Å²) in [6.07, 6.45) is -0.110. The van der Waals surface area contributed by atoms with Crippen molar-refractivity contribution in [3.8, 4) is 0 Å². The van der Waals surface area contributed by atoms with Gasteiger partial charge < -0.3 is 14.5 Å². The van der Waals surface area contributed by atoms with E-state index in [0.717, 1.165) is 0 Å². The largest absolute Gasteiger partial charge is 0.478 e. The van der Waals surface area contributed by atoms with E-state index in [9.17, 15) is 14.3 Å². The Kier molecular flexibility index (Phi) is 4.24. The Morgan fingerprint density at radius 2 is 1.94 bits per heavy atom. The molecule has 0 aromatic heterocycles. The molecule has 0 saturated carbocycles. The smallest absolute Gasteiger partial charge is 0.335 e. The van der Waals surface area contributed by atoms with E-state index >= 15 is 0 Å². The van der Waals surface area contributed by atoms with Crippen LogP contribution >= 0.6 is 7.60 Å². The van der Waals surface area contributed by atoms with E-state index in [2.05, 4.69) is 0 Å². The molecule has 16 heavy (non-hydrogen) atoms. The van der Waals surface area contributed by atoms with Gasteiger partial charge in [-0.3, -0.25) is 4.57 Å². The average Bonchev–Trinajstić information content (AvgIpc) is 2.17. The summed E-state index contributed by atoms with van der Waals surface area (Å²) in [5.74, 6) is -1.02. The predicted molar refractivity (Wildman–Crippen MR) is 58.6 cm³/mol. The number of rotatable bonds is 5. The molecule has 1 aromatic carbocycles. The maximum Gasteiger partial charge on any atom is 0.335 e. The van der Waals surface area contributed by atoms with Gasteiger partial charge in [0, 0.05) is 0 Å². The van der Waals surface area contributed by atoms with Gasteiger partial charge in [-0.25, -0.2) is 4.79 Å². The van der Waals surface area contributed by atoms with Crippen LogP contribution in [-0.4, -0.2) is 22.6 Å². The predicted octanol–water partition coefficient (Wildman–Crippen LogP) is 2.11. The normalized spacial score (nSPS) is 14.4. The van der Waals surface area contributed by atoms with Crippen molar-refractivity contribution < 1.29 is 23.9 Å². The van der Waals surface area contributed by atoms with Crippen molar-refractivity contribution in [1.82, 2.24) is 0 Å². The fourth-order valence-corrected chi connectivity index (χ4v) is 2.40. The molecule has 0 heterocycles. The fraction of sp³-hybridized carbons (Fsp3) is 0.300. The van der Waals surface area contributed by atoms with Gasteiger partial charge in [0.2, 0.25) is 0 Å². The number of aromatic carboxylic acids is 1. The SMILES string of the molecule is CCOP(=O)(O)Cc1ccc(C(=O)O)cc1. The zero-order valence-electron chi connectivity index (χ0n) is 8.79. The summed E-state index contributed by atoms with van der Waals surface area (Å²) in [5.41, 5.74) is 0.720. The first-order chi connectivity index (χ1) is 7.44. The topological polar surface area (TPSA) is 83.8 Å². The Bertz CT molecular complexity index is 412. The Balaban J connectivity index is 2.76. The van der Waals surface area contributed by atoms with E-state index in [1.54, 1.807) is 6.92 Å². The molecule has 2 N–H and O–H groups in total. The molecule has 0 aliphatic rings. The van der Waals surface area contributed by atoms with Gasteiger partial charge in [-0.05, 0) is 24.6 Å². The van der Waals surface area contributed by atoms with Crippen LogP contribution in [0.5, 0.6) is 0 Å². The minimum absolute atomic E-state index is 0.110. The van der Waals surface area contributed by atoms with E-state index in [4.69, 9.17) is 9.63 Å². The van der Waals surface area contributed by atoms with Gasteiger partial charge in [0.15, 0.2) is 0 Å². The van der Waals surface area contributed by atoms with Crippen LogP contribution in [0, 0.1) is 0 Å². The molecule has 0 spiro atoms. The van der Waals surface area contributed by atoms with Crippen LogP contribution in [0.2, 0.25) is 0 Å². The molecule has 1 unspecified atom stereocenters. The number of hydrogen-bond donors (Lipinski definition) is 2. The third kappa shape index (κ3) is 3.77. The summed E-state index contributed by atoms with van der Waals surface area (Å²) in [7, 11) is -3.60. The average molecular weight is 244 g/mol. The highest BCUT2D eigenvalue weighted by atomic mass is 31.2. The first-order valence-corrected chi connectivity index (χ1v) is 6.49. The lowest BCUT2D eigenvalue weighted by molar-refractivity contribution is 0.0697. The van der Waals surface area contributed by atoms with Crippen LogP contribution in [0.15, 0.2) is 24.3 Å². The molecule has 0 amide bonds. The Labute approximate surface area is 93.2 Å². The molecule has 6 heteroatoms. The first-order valence-electron chi connectivity index (χ1n) is 4.73. The van der Waals surface area contributed by atoms with Crippen molar-refractivity contribution in [3.63, 3.8) is 0 Å². The summed E-state index contributed by atoms with van der Waals surface area (Å²) < 4.78 is 16.1. The first kappa shape index (κ1) is 12.9. The van der Waals surface area contributed by atoms with E-state index in [1.807, 2.05) is 0 Å². The second kappa shape index (κ2) is 5.25. The fourth-order valence-electron chi connectivity index (χ4n) is 1.23. The zero-order chi connectivity index (χ0) is 12.2. The van der Waals surface area contributed by atoms with E-state index in [-0.39, 0.29) is 18.3 Å². The van der Waals surface area contributed by atoms with Gasteiger partial charge in [-0.1, -0.05) is 12.1 Å². The van der Waals surface area contributed by atoms with Crippen LogP contribution in [0.4, 0.5) is 0 Å². The molecule has 1 aromatic rings. The maximum absolute atomic E-state index is 11.4. The summed E-state index contributed by atoms with van der Waals surface area (Å²) >= 11 is 0. The molecule has 0 aliphatic heterocycles. The molecule has 1 rings (SSSR count). The van der Waals surface area contributed by atoms with Crippen molar-refractivity contribution in [2.75, 3.05) is 6.61 Å². The third-order valence-corrected chi connectivity index (χ3v) is 3.34. The summed E-state index contributed by atoms with van der Waals surface area (Å²) in [6.45, 7) is 1.80. The number of carbonyl (C=O) groups is 1. The van der Waals surface area contributed by atoms with Gasteiger partial charge in [-0.2, -0.15) is 0 Å². The molecular weight excluding hydrogens is 231 g/mol. The number of hydrogen-bond acceptors (Lipinski definition) is 3. The van der Waals surface area contributed by atoms with Crippen LogP contribution < -0.4 is 0 Å². The van der Waals surface area contributed by atoms with Crippen LogP contribution in [-0.2, 0) is 15.3 Å². The zero-order valence-corrected chi connectivity index (χ0v) is 9.68. The van der Waals surface area contributed by atoms with Crippen molar-refractivity contribution in [2.24, 2.45) is 0 Å². The van der Waals surface area contributed by atoms with Crippen LogP contribution in [0.3, 0.4) is 0 Å². The van der Waals surface area contributed by atoms with Crippen LogP contribution in [0.1, 0.15) is 22.8 Å². The van der Waals surface area contributed by atoms with Gasteiger partial charge in [0.25, 0.3) is 0 Å². The second-order valence-corrected chi connectivity index (χ2v) is 5.06. The lowest BCUT2D eigenvalue weighted by atomic mass is 10.1.